The number of unbranched alkanes of at least 4 members (excludes halogenated alkanes) is 15. The zero-order chi connectivity index (χ0) is 45.2. The Bertz CT molecular complexity index is 1540. The van der Waals surface area contributed by atoms with Gasteiger partial charge in [0.25, 0.3) is 5.56 Å². The minimum Gasteiger partial charge on any atom is -0.494 e. The van der Waals surface area contributed by atoms with Gasteiger partial charge >= 0.3 is 17.9 Å². The number of carbonyl (C=O) groups is 3. The second-order valence-electron chi connectivity index (χ2n) is 16.1. The van der Waals surface area contributed by atoms with E-state index in [2.05, 4.69) is 4.98 Å². The Morgan fingerprint density at radius 3 is 1.42 bits per heavy atom. The molecule has 3 rings (SSSR count). The van der Waals surface area contributed by atoms with E-state index in [9.17, 15) is 19.2 Å². The summed E-state index contributed by atoms with van der Waals surface area (Å²) in [6.45, 7) is 11.3. The van der Waals surface area contributed by atoms with Crippen molar-refractivity contribution in [2.24, 2.45) is 0 Å². The van der Waals surface area contributed by atoms with Crippen LogP contribution >= 0.6 is 0 Å². The number of pyridine rings is 1. The number of aromatic nitrogens is 1. The lowest BCUT2D eigenvalue weighted by molar-refractivity contribution is -0.160. The average Bonchev–Trinajstić information content (AvgIpc) is 3.23. The van der Waals surface area contributed by atoms with Gasteiger partial charge in [0.1, 0.15) is 30.4 Å². The quantitative estimate of drug-likeness (QED) is 0.0362. The Labute approximate surface area is 370 Å². The van der Waals surface area contributed by atoms with Crippen LogP contribution in [0.4, 0.5) is 0 Å². The zero-order valence-corrected chi connectivity index (χ0v) is 38.2. The van der Waals surface area contributed by atoms with Crippen molar-refractivity contribution in [1.82, 2.24) is 14.8 Å². The van der Waals surface area contributed by atoms with E-state index >= 15 is 0 Å². The van der Waals surface area contributed by atoms with Crippen molar-refractivity contribution in [1.29, 1.82) is 0 Å². The summed E-state index contributed by atoms with van der Waals surface area (Å²) in [5.41, 5.74) is 2.60. The highest BCUT2D eigenvalue weighted by molar-refractivity contribution is 5.87. The number of hydrogen-bond acceptors (Lipinski definition) is 13. The lowest BCUT2D eigenvalue weighted by atomic mass is 10.1. The number of esters is 3. The molecule has 2 aliphatic rings. The molecule has 0 bridgehead atoms. The number of nitrogens with one attached hydrogen (secondary N) is 1. The van der Waals surface area contributed by atoms with Gasteiger partial charge in [-0.15, -0.1) is 0 Å². The second-order valence-corrected chi connectivity index (χ2v) is 16.1. The van der Waals surface area contributed by atoms with Gasteiger partial charge in [-0.1, -0.05) is 77.0 Å². The molecule has 14 nitrogen and oxygen atoms in total. The maximum atomic E-state index is 12.4. The minimum absolute atomic E-state index is 0.00507. The van der Waals surface area contributed by atoms with Crippen LogP contribution in [0.5, 0.6) is 5.75 Å². The van der Waals surface area contributed by atoms with Crippen LogP contribution in [-0.2, 0) is 33.3 Å². The summed E-state index contributed by atoms with van der Waals surface area (Å²) in [6, 6.07) is 1.78. The largest absolute Gasteiger partial charge is 0.494 e. The van der Waals surface area contributed by atoms with Crippen molar-refractivity contribution in [3.05, 3.63) is 75.4 Å². The molecule has 3 N–H and O–H groups in total. The molecule has 3 heterocycles. The lowest BCUT2D eigenvalue weighted by Crippen LogP contribution is -2.35. The second kappa shape index (κ2) is 34.0. The van der Waals surface area contributed by atoms with E-state index < -0.39 is 11.9 Å². The van der Waals surface area contributed by atoms with Gasteiger partial charge in [-0.25, -0.2) is 9.59 Å². The van der Waals surface area contributed by atoms with E-state index in [0.29, 0.717) is 50.8 Å². The molecule has 1 aromatic heterocycles. The molecule has 0 aromatic carbocycles. The fraction of sp³-hybridized carbons (Fsp3) is 0.667. The molecule has 0 radical (unpaired) electrons. The zero-order valence-electron chi connectivity index (χ0n) is 38.2. The van der Waals surface area contributed by atoms with Crippen LogP contribution in [0.2, 0.25) is 0 Å². The van der Waals surface area contributed by atoms with Gasteiger partial charge in [0.05, 0.1) is 32.0 Å². The number of aliphatic hydroxyl groups excluding tert-OH is 2. The van der Waals surface area contributed by atoms with Gasteiger partial charge in [-0.3, -0.25) is 9.59 Å². The average molecular weight is 872 g/mol. The van der Waals surface area contributed by atoms with E-state index in [1.54, 1.807) is 19.2 Å². The highest BCUT2D eigenvalue weighted by Gasteiger charge is 2.20. The van der Waals surface area contributed by atoms with E-state index in [0.717, 1.165) is 138 Å². The number of ether oxygens (including phenoxy) is 5. The summed E-state index contributed by atoms with van der Waals surface area (Å²) in [4.78, 5) is 53.0. The standard InChI is InChI=1S/C32H52N2O7.C16H25NO4/c1-27-23-33(17-15-29(27)39-21-13-9-5-3-7-11-19-35)25-31(37)41-32(38)26-34-18-16-30(28(2)24-34)40-22-14-10-6-4-8-12-20-36;1-13-15(9-10-17-16(13)19)21-12-8-6-4-3-5-7-11-20-14(2)18/h15-18,35-36H,3-14,19-26H2,1-2H3;9-10H,3-8,11-12H2,1-2H3,(H,17,19). The predicted octanol–water partition coefficient (Wildman–Crippen LogP) is 7.93. The normalized spacial score (nSPS) is 13.5. The summed E-state index contributed by atoms with van der Waals surface area (Å²) in [6.07, 6.45) is 28.1. The molecule has 2 aliphatic heterocycles. The van der Waals surface area contributed by atoms with Gasteiger partial charge in [0, 0.05) is 51.8 Å². The van der Waals surface area contributed by atoms with Crippen LogP contribution in [0.1, 0.15) is 142 Å². The molecule has 350 valence electrons. The predicted molar refractivity (Wildman–Crippen MR) is 241 cm³/mol. The number of aromatic amines is 1. The first-order valence-corrected chi connectivity index (χ1v) is 22.9. The van der Waals surface area contributed by atoms with Crippen LogP contribution in [0.25, 0.3) is 0 Å². The Balaban J connectivity index is 0.000000528. The molecule has 0 spiro atoms. The van der Waals surface area contributed by atoms with Crippen LogP contribution in [0, 0.1) is 6.92 Å². The molecule has 0 saturated heterocycles. The van der Waals surface area contributed by atoms with Crippen molar-refractivity contribution in [3.8, 4) is 5.75 Å². The van der Waals surface area contributed by atoms with Crippen LogP contribution in [0.15, 0.2) is 64.3 Å². The lowest BCUT2D eigenvalue weighted by Gasteiger charge is -2.26. The van der Waals surface area contributed by atoms with E-state index in [4.69, 9.17) is 33.9 Å². The molecule has 0 unspecified atom stereocenters. The molecule has 0 amide bonds. The van der Waals surface area contributed by atoms with E-state index in [-0.39, 0.29) is 37.8 Å². The van der Waals surface area contributed by atoms with Gasteiger partial charge < -0.3 is 48.7 Å². The third kappa shape index (κ3) is 25.4. The van der Waals surface area contributed by atoms with Crippen LogP contribution in [-0.4, -0.2) is 109 Å². The monoisotopic (exact) mass is 872 g/mol. The number of rotatable bonds is 32. The Hall–Kier alpha value is -4.56. The molecular formula is C48H77N3O11. The molecule has 0 fully saturated rings. The SMILES string of the molecule is CC(=O)OCCCCCCCCOc1cc[nH]c(=O)c1C.CC1=C(OCCCCCCCCO)C=CN(CC(=O)OC(=O)CN2C=CC(OCCCCCCCCO)=C(C)C2)C1. The first-order valence-electron chi connectivity index (χ1n) is 22.9. The summed E-state index contributed by atoms with van der Waals surface area (Å²) >= 11 is 0. The Morgan fingerprint density at radius 2 is 1.00 bits per heavy atom. The number of carbonyl (C=O) groups excluding carboxylic acids is 3. The van der Waals surface area contributed by atoms with Crippen molar-refractivity contribution in [3.63, 3.8) is 0 Å². The summed E-state index contributed by atoms with van der Waals surface area (Å²) in [7, 11) is 0. The number of aliphatic hydroxyl groups is 2. The Kier molecular flexibility index (Phi) is 29.4. The highest BCUT2D eigenvalue weighted by Crippen LogP contribution is 2.19. The fourth-order valence-corrected chi connectivity index (χ4v) is 6.79. The molecule has 62 heavy (non-hydrogen) atoms. The van der Waals surface area contributed by atoms with Crippen molar-refractivity contribution >= 4 is 17.9 Å². The summed E-state index contributed by atoms with van der Waals surface area (Å²) in [5, 5.41) is 17.6. The van der Waals surface area contributed by atoms with Gasteiger partial charge in [0.15, 0.2) is 0 Å². The van der Waals surface area contributed by atoms with Gasteiger partial charge in [0.2, 0.25) is 0 Å². The molecular weight excluding hydrogens is 795 g/mol. The van der Waals surface area contributed by atoms with Crippen LogP contribution < -0.4 is 10.3 Å². The molecule has 0 aliphatic carbocycles. The van der Waals surface area contributed by atoms with E-state index in [1.165, 1.54) is 6.92 Å². The molecule has 0 saturated carbocycles. The van der Waals surface area contributed by atoms with Crippen molar-refractivity contribution in [2.45, 2.75) is 143 Å². The summed E-state index contributed by atoms with van der Waals surface area (Å²) < 4.78 is 27.4. The Morgan fingerprint density at radius 1 is 0.597 bits per heavy atom. The van der Waals surface area contributed by atoms with E-state index in [1.807, 2.05) is 48.2 Å². The number of hydrogen-bond donors (Lipinski definition) is 3. The maximum Gasteiger partial charge on any atom is 0.333 e. The highest BCUT2D eigenvalue weighted by atomic mass is 16.6. The topological polar surface area (TPSA) is 177 Å². The van der Waals surface area contributed by atoms with Gasteiger partial charge in [-0.05, 0) is 88.7 Å². The van der Waals surface area contributed by atoms with Crippen molar-refractivity contribution in [2.75, 3.05) is 65.8 Å². The first kappa shape index (κ1) is 53.6. The fourth-order valence-electron chi connectivity index (χ4n) is 6.79. The number of allylic oxidation sites excluding steroid dienone is 2. The third-order valence-corrected chi connectivity index (χ3v) is 10.4. The first-order chi connectivity index (χ1) is 30.0. The van der Waals surface area contributed by atoms with Gasteiger partial charge in [-0.2, -0.15) is 0 Å². The molecule has 0 atom stereocenters. The maximum absolute atomic E-state index is 12.4. The number of nitrogens with zero attached hydrogens (tertiary/aromatic N) is 2. The minimum atomic E-state index is -0.577. The molecule has 14 heteroatoms. The van der Waals surface area contributed by atoms with Crippen LogP contribution in [0.3, 0.4) is 0 Å². The molecule has 1 aromatic rings. The number of H-pyrrole nitrogens is 1. The van der Waals surface area contributed by atoms with Crippen molar-refractivity contribution < 1.29 is 48.3 Å². The smallest absolute Gasteiger partial charge is 0.333 e. The summed E-state index contributed by atoms with van der Waals surface area (Å²) in [5.74, 6) is 0.980. The third-order valence-electron chi connectivity index (χ3n) is 10.4.